The van der Waals surface area contributed by atoms with Crippen LogP contribution in [0.25, 0.3) is 0 Å². The summed E-state index contributed by atoms with van der Waals surface area (Å²) in [6.45, 7) is 6.77. The van der Waals surface area contributed by atoms with Crippen molar-refractivity contribution < 1.29 is 9.53 Å². The van der Waals surface area contributed by atoms with E-state index < -0.39 is 0 Å². The van der Waals surface area contributed by atoms with Gasteiger partial charge in [-0.15, -0.1) is 0 Å². The van der Waals surface area contributed by atoms with Gasteiger partial charge in [-0.2, -0.15) is 0 Å². The zero-order valence-electron chi connectivity index (χ0n) is 18.3. The molecule has 168 valence electrons. The summed E-state index contributed by atoms with van der Waals surface area (Å²) < 4.78 is 5.80. The van der Waals surface area contributed by atoms with E-state index in [9.17, 15) is 4.79 Å². The molecule has 1 aliphatic heterocycles. The molecule has 0 unspecified atom stereocenters. The predicted octanol–water partition coefficient (Wildman–Crippen LogP) is 6.30. The Morgan fingerprint density at radius 2 is 1.58 bits per heavy atom. The number of amides is 1. The lowest BCUT2D eigenvalue weighted by atomic mass is 10.1. The van der Waals surface area contributed by atoms with E-state index in [1.165, 1.54) is 24.8 Å². The summed E-state index contributed by atoms with van der Waals surface area (Å²) in [6.07, 6.45) is 5.79. The van der Waals surface area contributed by atoms with Crippen molar-refractivity contribution in [3.05, 3.63) is 63.6 Å². The molecule has 1 saturated heterocycles. The second kappa shape index (κ2) is 12.3. The second-order valence-corrected chi connectivity index (χ2v) is 8.90. The van der Waals surface area contributed by atoms with E-state index in [2.05, 4.69) is 36.1 Å². The largest absolute Gasteiger partial charge is 0.490 e. The van der Waals surface area contributed by atoms with E-state index in [0.717, 1.165) is 32.5 Å². The van der Waals surface area contributed by atoms with Crippen molar-refractivity contribution in [1.82, 2.24) is 9.80 Å². The third kappa shape index (κ3) is 7.13. The predicted molar refractivity (Wildman–Crippen MR) is 128 cm³/mol. The van der Waals surface area contributed by atoms with Crippen LogP contribution in [0.3, 0.4) is 0 Å². The van der Waals surface area contributed by atoms with Gasteiger partial charge in [0.25, 0.3) is 5.91 Å². The molecule has 2 aromatic rings. The summed E-state index contributed by atoms with van der Waals surface area (Å²) in [7, 11) is 0. The molecule has 0 atom stereocenters. The van der Waals surface area contributed by atoms with Gasteiger partial charge in [0.15, 0.2) is 5.75 Å². The van der Waals surface area contributed by atoms with E-state index in [1.54, 1.807) is 12.1 Å². The fourth-order valence-electron chi connectivity index (χ4n) is 3.83. The van der Waals surface area contributed by atoms with Gasteiger partial charge in [-0.05, 0) is 24.1 Å². The van der Waals surface area contributed by atoms with Crippen LogP contribution in [0.15, 0.2) is 42.5 Å². The molecule has 4 nitrogen and oxygen atoms in total. The van der Waals surface area contributed by atoms with Crippen LogP contribution in [0.5, 0.6) is 5.75 Å². The van der Waals surface area contributed by atoms with Crippen LogP contribution < -0.4 is 4.74 Å². The smallest absolute Gasteiger partial charge is 0.254 e. The highest BCUT2D eigenvalue weighted by atomic mass is 35.5. The van der Waals surface area contributed by atoms with Gasteiger partial charge in [-0.1, -0.05) is 86.1 Å². The number of hydrogen-bond acceptors (Lipinski definition) is 3. The molecule has 0 radical (unpaired) electrons. The number of unbranched alkanes of at least 4 members (excludes halogenated alkanes) is 4. The molecule has 2 aromatic carbocycles. The molecule has 0 saturated carbocycles. The molecule has 0 spiro atoms. The van der Waals surface area contributed by atoms with Crippen LogP contribution in [-0.2, 0) is 6.54 Å². The van der Waals surface area contributed by atoms with E-state index in [4.69, 9.17) is 27.9 Å². The van der Waals surface area contributed by atoms with E-state index in [-0.39, 0.29) is 5.91 Å². The maximum atomic E-state index is 13.0. The first-order chi connectivity index (χ1) is 15.1. The average Bonchev–Trinajstić information content (AvgIpc) is 2.78. The summed E-state index contributed by atoms with van der Waals surface area (Å²) in [5, 5.41) is 0.791. The Bertz CT molecular complexity index is 814. The Labute approximate surface area is 196 Å². The number of nitrogens with zero attached hydrogens (tertiary/aromatic N) is 2. The van der Waals surface area contributed by atoms with Crippen molar-refractivity contribution in [2.75, 3.05) is 32.8 Å². The molecule has 0 aromatic heterocycles. The van der Waals surface area contributed by atoms with Crippen molar-refractivity contribution in [2.45, 2.75) is 45.6 Å². The van der Waals surface area contributed by atoms with Gasteiger partial charge >= 0.3 is 0 Å². The first-order valence-corrected chi connectivity index (χ1v) is 12.0. The Hall–Kier alpha value is -1.75. The van der Waals surface area contributed by atoms with Gasteiger partial charge in [0.05, 0.1) is 16.7 Å². The maximum absolute atomic E-state index is 13.0. The van der Waals surface area contributed by atoms with Crippen molar-refractivity contribution in [3.8, 4) is 5.75 Å². The maximum Gasteiger partial charge on any atom is 0.254 e. The third-order valence-corrected chi connectivity index (χ3v) is 6.21. The fraction of sp³-hybridized carbons (Fsp3) is 0.480. The molecule has 1 fully saturated rings. The van der Waals surface area contributed by atoms with Crippen LogP contribution in [0.4, 0.5) is 0 Å². The summed E-state index contributed by atoms with van der Waals surface area (Å²) in [6, 6.07) is 13.8. The quantitative estimate of drug-likeness (QED) is 0.388. The fourth-order valence-corrected chi connectivity index (χ4v) is 4.43. The van der Waals surface area contributed by atoms with Crippen molar-refractivity contribution >= 4 is 29.1 Å². The second-order valence-electron chi connectivity index (χ2n) is 8.09. The summed E-state index contributed by atoms with van der Waals surface area (Å²) in [4.78, 5) is 17.2. The minimum atomic E-state index is -0.0331. The monoisotopic (exact) mass is 462 g/mol. The van der Waals surface area contributed by atoms with Gasteiger partial charge in [-0.3, -0.25) is 9.69 Å². The molecule has 3 rings (SSSR count). The van der Waals surface area contributed by atoms with Gasteiger partial charge in [0, 0.05) is 38.3 Å². The van der Waals surface area contributed by atoms with Gasteiger partial charge in [0.1, 0.15) is 0 Å². The molecule has 31 heavy (non-hydrogen) atoms. The average molecular weight is 463 g/mol. The number of rotatable bonds is 10. The Kier molecular flexibility index (Phi) is 9.51. The molecule has 1 aliphatic rings. The van der Waals surface area contributed by atoms with Gasteiger partial charge in [-0.25, -0.2) is 0 Å². The Morgan fingerprint density at radius 1 is 0.935 bits per heavy atom. The van der Waals surface area contributed by atoms with Crippen LogP contribution in [0.1, 0.15) is 54.9 Å². The summed E-state index contributed by atoms with van der Waals surface area (Å²) in [5.74, 6) is 0.442. The molecule has 6 heteroatoms. The number of hydrogen-bond donors (Lipinski definition) is 0. The number of ether oxygens (including phenoxy) is 1. The number of carbonyl (C=O) groups is 1. The number of benzene rings is 2. The minimum Gasteiger partial charge on any atom is -0.490 e. The summed E-state index contributed by atoms with van der Waals surface area (Å²) >= 11 is 12.8. The molecule has 0 bridgehead atoms. The minimum absolute atomic E-state index is 0.0331. The molecular weight excluding hydrogens is 431 g/mol. The lowest BCUT2D eigenvalue weighted by Crippen LogP contribution is -2.48. The zero-order chi connectivity index (χ0) is 22.1. The lowest BCUT2D eigenvalue weighted by molar-refractivity contribution is 0.0628. The highest BCUT2D eigenvalue weighted by molar-refractivity contribution is 6.37. The van der Waals surface area contributed by atoms with E-state index in [0.29, 0.717) is 41.1 Å². The molecule has 1 heterocycles. The zero-order valence-corrected chi connectivity index (χ0v) is 19.8. The van der Waals surface area contributed by atoms with E-state index >= 15 is 0 Å². The van der Waals surface area contributed by atoms with Crippen molar-refractivity contribution in [2.24, 2.45) is 0 Å². The third-order valence-electron chi connectivity index (χ3n) is 5.65. The van der Waals surface area contributed by atoms with Gasteiger partial charge in [0.2, 0.25) is 0 Å². The lowest BCUT2D eigenvalue weighted by Gasteiger charge is -2.35. The standard InChI is InChI=1S/C25H32Cl2N2O2/c1-2-3-4-5-9-16-31-24-22(26)17-21(18-23(24)27)25(30)29-14-12-28(13-15-29)19-20-10-7-6-8-11-20/h6-8,10-11,17-18H,2-5,9,12-16,19H2,1H3. The topological polar surface area (TPSA) is 32.8 Å². The number of piperazine rings is 1. The first-order valence-electron chi connectivity index (χ1n) is 11.3. The highest BCUT2D eigenvalue weighted by Crippen LogP contribution is 2.35. The SMILES string of the molecule is CCCCCCCOc1c(Cl)cc(C(=O)N2CCN(Cc3ccccc3)CC2)cc1Cl. The first kappa shape index (κ1) is 23.9. The van der Waals surface area contributed by atoms with Crippen molar-refractivity contribution in [3.63, 3.8) is 0 Å². The van der Waals surface area contributed by atoms with Crippen LogP contribution >= 0.6 is 23.2 Å². The Balaban J connectivity index is 1.51. The van der Waals surface area contributed by atoms with Crippen LogP contribution in [0.2, 0.25) is 10.0 Å². The van der Waals surface area contributed by atoms with Gasteiger partial charge < -0.3 is 9.64 Å². The molecule has 1 amide bonds. The van der Waals surface area contributed by atoms with E-state index in [1.807, 2.05) is 11.0 Å². The molecule has 0 N–H and O–H groups in total. The van der Waals surface area contributed by atoms with Crippen molar-refractivity contribution in [1.29, 1.82) is 0 Å². The molecular formula is C25H32Cl2N2O2. The highest BCUT2D eigenvalue weighted by Gasteiger charge is 2.24. The van der Waals surface area contributed by atoms with Crippen LogP contribution in [0, 0.1) is 0 Å². The summed E-state index contributed by atoms with van der Waals surface area (Å²) in [5.41, 5.74) is 1.81. The van der Waals surface area contributed by atoms with Crippen LogP contribution in [-0.4, -0.2) is 48.5 Å². The number of halogens is 2. The number of carbonyl (C=O) groups excluding carboxylic acids is 1. The Morgan fingerprint density at radius 3 is 2.23 bits per heavy atom. The normalized spacial score (nSPS) is 14.6. The molecule has 0 aliphatic carbocycles.